The maximum atomic E-state index is 9.80. The Labute approximate surface area is 101 Å². The van der Waals surface area contributed by atoms with Crippen molar-refractivity contribution in [1.29, 1.82) is 0 Å². The van der Waals surface area contributed by atoms with E-state index in [0.717, 1.165) is 17.9 Å². The zero-order valence-corrected chi connectivity index (χ0v) is 10.3. The molecule has 0 heterocycles. The molecule has 3 N–H and O–H groups in total. The van der Waals surface area contributed by atoms with Crippen LogP contribution >= 0.6 is 0 Å². The van der Waals surface area contributed by atoms with E-state index in [4.69, 9.17) is 15.2 Å². The van der Waals surface area contributed by atoms with Crippen LogP contribution in [-0.2, 0) is 0 Å². The van der Waals surface area contributed by atoms with Gasteiger partial charge in [-0.2, -0.15) is 0 Å². The maximum absolute atomic E-state index is 9.80. The molecule has 94 valence electrons. The van der Waals surface area contributed by atoms with Gasteiger partial charge in [0.05, 0.1) is 14.2 Å². The predicted molar refractivity (Wildman–Crippen MR) is 65.5 cm³/mol. The first kappa shape index (κ1) is 12.0. The number of phenolic OH excluding ortho intramolecular Hbond substituents is 1. The van der Waals surface area contributed by atoms with E-state index in [2.05, 4.69) is 0 Å². The van der Waals surface area contributed by atoms with Gasteiger partial charge in [0.1, 0.15) is 0 Å². The molecule has 1 aliphatic carbocycles. The van der Waals surface area contributed by atoms with Gasteiger partial charge in [-0.3, -0.25) is 0 Å². The fourth-order valence-electron chi connectivity index (χ4n) is 1.98. The van der Waals surface area contributed by atoms with E-state index in [0.29, 0.717) is 11.5 Å². The molecular weight excluding hydrogens is 218 g/mol. The Hall–Kier alpha value is -1.42. The van der Waals surface area contributed by atoms with Crippen LogP contribution in [-0.4, -0.2) is 19.3 Å². The van der Waals surface area contributed by atoms with Crippen molar-refractivity contribution in [3.05, 3.63) is 17.7 Å². The lowest BCUT2D eigenvalue weighted by Crippen LogP contribution is -2.11. The average molecular weight is 237 g/mol. The Morgan fingerprint density at radius 1 is 1.29 bits per heavy atom. The zero-order chi connectivity index (χ0) is 12.4. The van der Waals surface area contributed by atoms with Crippen molar-refractivity contribution in [2.75, 3.05) is 14.2 Å². The third-order valence-electron chi connectivity index (χ3n) is 3.21. The third-order valence-corrected chi connectivity index (χ3v) is 3.21. The molecule has 1 aromatic rings. The number of methoxy groups -OCH3 is 2. The molecule has 1 fully saturated rings. The summed E-state index contributed by atoms with van der Waals surface area (Å²) in [5.74, 6) is 1.60. The SMILES string of the molecule is COc1cc([C@H](N)CC2CC2)cc(OC)c1O. The Balaban J connectivity index is 2.25. The standard InChI is InChI=1S/C13H19NO3/c1-16-11-6-9(7-12(17-2)13(11)15)10(14)5-8-3-4-8/h6-8,10,15H,3-5,14H2,1-2H3/t10-/m1/s1. The number of rotatable bonds is 5. The molecule has 0 aromatic heterocycles. The molecule has 0 saturated heterocycles. The summed E-state index contributed by atoms with van der Waals surface area (Å²) in [7, 11) is 3.04. The summed E-state index contributed by atoms with van der Waals surface area (Å²) in [5, 5.41) is 9.80. The molecule has 4 nitrogen and oxygen atoms in total. The number of ether oxygens (including phenoxy) is 2. The summed E-state index contributed by atoms with van der Waals surface area (Å²) < 4.78 is 10.2. The van der Waals surface area contributed by atoms with Crippen LogP contribution in [0, 0.1) is 5.92 Å². The Morgan fingerprint density at radius 3 is 2.24 bits per heavy atom. The van der Waals surface area contributed by atoms with Crippen LogP contribution in [0.2, 0.25) is 0 Å². The first-order valence-corrected chi connectivity index (χ1v) is 5.86. The van der Waals surface area contributed by atoms with Crippen molar-refractivity contribution in [2.24, 2.45) is 11.7 Å². The van der Waals surface area contributed by atoms with Crippen LogP contribution < -0.4 is 15.2 Å². The molecule has 0 bridgehead atoms. The summed E-state index contributed by atoms with van der Waals surface area (Å²) in [6, 6.07) is 3.54. The molecule has 17 heavy (non-hydrogen) atoms. The summed E-state index contributed by atoms with van der Waals surface area (Å²) in [5.41, 5.74) is 7.09. The van der Waals surface area contributed by atoms with Gasteiger partial charge < -0.3 is 20.3 Å². The fourth-order valence-corrected chi connectivity index (χ4v) is 1.98. The number of nitrogens with two attached hydrogens (primary N) is 1. The van der Waals surface area contributed by atoms with Crippen LogP contribution in [0.15, 0.2) is 12.1 Å². The Morgan fingerprint density at radius 2 is 1.82 bits per heavy atom. The van der Waals surface area contributed by atoms with Gasteiger partial charge in [-0.25, -0.2) is 0 Å². The van der Waals surface area contributed by atoms with E-state index in [-0.39, 0.29) is 11.8 Å². The van der Waals surface area contributed by atoms with E-state index < -0.39 is 0 Å². The fraction of sp³-hybridized carbons (Fsp3) is 0.538. The minimum atomic E-state index is -0.0223. The third kappa shape index (κ3) is 2.64. The van der Waals surface area contributed by atoms with Crippen LogP contribution in [0.1, 0.15) is 30.9 Å². The number of phenols is 1. The molecule has 4 heteroatoms. The first-order chi connectivity index (χ1) is 8.15. The smallest absolute Gasteiger partial charge is 0.200 e. The highest BCUT2D eigenvalue weighted by Crippen LogP contribution is 2.41. The number of benzene rings is 1. The van der Waals surface area contributed by atoms with Crippen LogP contribution in [0.25, 0.3) is 0 Å². The van der Waals surface area contributed by atoms with Gasteiger partial charge >= 0.3 is 0 Å². The van der Waals surface area contributed by atoms with E-state index in [9.17, 15) is 5.11 Å². The highest BCUT2D eigenvalue weighted by Gasteiger charge is 2.25. The predicted octanol–water partition coefficient (Wildman–Crippen LogP) is 2.21. The second kappa shape index (κ2) is 4.84. The van der Waals surface area contributed by atoms with E-state index in [1.165, 1.54) is 27.1 Å². The van der Waals surface area contributed by atoms with Gasteiger partial charge in [-0.05, 0) is 30.0 Å². The summed E-state index contributed by atoms with van der Waals surface area (Å²) in [4.78, 5) is 0. The second-order valence-corrected chi connectivity index (χ2v) is 4.56. The first-order valence-electron chi connectivity index (χ1n) is 5.86. The number of aromatic hydroxyl groups is 1. The Bertz CT molecular complexity index is 377. The van der Waals surface area contributed by atoms with Gasteiger partial charge in [0.25, 0.3) is 0 Å². The Kier molecular flexibility index (Phi) is 3.43. The van der Waals surface area contributed by atoms with E-state index >= 15 is 0 Å². The highest BCUT2D eigenvalue weighted by molar-refractivity contribution is 5.53. The normalized spacial score (nSPS) is 16.6. The van der Waals surface area contributed by atoms with Crippen LogP contribution in [0.3, 0.4) is 0 Å². The molecule has 0 spiro atoms. The molecular formula is C13H19NO3. The van der Waals surface area contributed by atoms with Crippen LogP contribution in [0.5, 0.6) is 17.2 Å². The van der Waals surface area contributed by atoms with Crippen molar-refractivity contribution < 1.29 is 14.6 Å². The monoisotopic (exact) mass is 237 g/mol. The van der Waals surface area contributed by atoms with Gasteiger partial charge in [0.15, 0.2) is 11.5 Å². The van der Waals surface area contributed by atoms with E-state index in [1.54, 1.807) is 12.1 Å². The summed E-state index contributed by atoms with van der Waals surface area (Å²) in [6.45, 7) is 0. The molecule has 0 aliphatic heterocycles. The molecule has 1 atom stereocenters. The topological polar surface area (TPSA) is 64.7 Å². The highest BCUT2D eigenvalue weighted by atomic mass is 16.5. The van der Waals surface area contributed by atoms with Crippen molar-refractivity contribution in [3.63, 3.8) is 0 Å². The molecule has 1 aromatic carbocycles. The molecule has 0 amide bonds. The quantitative estimate of drug-likeness (QED) is 0.824. The van der Waals surface area contributed by atoms with Crippen molar-refractivity contribution in [3.8, 4) is 17.2 Å². The lowest BCUT2D eigenvalue weighted by Gasteiger charge is -2.15. The van der Waals surface area contributed by atoms with Crippen molar-refractivity contribution >= 4 is 0 Å². The minimum Gasteiger partial charge on any atom is -0.502 e. The minimum absolute atomic E-state index is 0.0223. The number of hydrogen-bond donors (Lipinski definition) is 2. The lowest BCUT2D eigenvalue weighted by atomic mass is 10.0. The summed E-state index contributed by atoms with van der Waals surface area (Å²) >= 11 is 0. The lowest BCUT2D eigenvalue weighted by molar-refractivity contribution is 0.338. The van der Waals surface area contributed by atoms with Gasteiger partial charge in [0, 0.05) is 6.04 Å². The molecule has 0 radical (unpaired) electrons. The molecule has 1 aliphatic rings. The van der Waals surface area contributed by atoms with Gasteiger partial charge in [-0.1, -0.05) is 12.8 Å². The zero-order valence-electron chi connectivity index (χ0n) is 10.3. The van der Waals surface area contributed by atoms with Gasteiger partial charge in [-0.15, -0.1) is 0 Å². The largest absolute Gasteiger partial charge is 0.502 e. The average Bonchev–Trinajstić information content (AvgIpc) is 3.13. The van der Waals surface area contributed by atoms with Gasteiger partial charge in [0.2, 0.25) is 5.75 Å². The van der Waals surface area contributed by atoms with E-state index in [1.807, 2.05) is 0 Å². The summed E-state index contributed by atoms with van der Waals surface area (Å²) in [6.07, 6.45) is 3.54. The maximum Gasteiger partial charge on any atom is 0.200 e. The van der Waals surface area contributed by atoms with Crippen molar-refractivity contribution in [2.45, 2.75) is 25.3 Å². The molecule has 0 unspecified atom stereocenters. The number of hydrogen-bond acceptors (Lipinski definition) is 4. The van der Waals surface area contributed by atoms with Crippen LogP contribution in [0.4, 0.5) is 0 Å². The molecule has 2 rings (SSSR count). The second-order valence-electron chi connectivity index (χ2n) is 4.56. The molecule has 1 saturated carbocycles. The van der Waals surface area contributed by atoms with Crippen molar-refractivity contribution in [1.82, 2.24) is 0 Å².